The normalized spacial score (nSPS) is 29.3. The van der Waals surface area contributed by atoms with Gasteiger partial charge >= 0.3 is 6.03 Å². The summed E-state index contributed by atoms with van der Waals surface area (Å²) in [6, 6.07) is 0.232. The van der Waals surface area contributed by atoms with Gasteiger partial charge in [-0.1, -0.05) is 0 Å². The number of aryl methyl sites for hydroxylation is 1. The van der Waals surface area contributed by atoms with E-state index < -0.39 is 5.79 Å². The topological polar surface area (TPSA) is 79.5 Å². The van der Waals surface area contributed by atoms with Crippen molar-refractivity contribution in [3.05, 3.63) is 17.5 Å². The van der Waals surface area contributed by atoms with Crippen LogP contribution < -0.4 is 5.32 Å². The molecular formula is C17H26N4O3. The number of nitrogens with zero attached hydrogens (tertiary/aromatic N) is 2. The van der Waals surface area contributed by atoms with Crippen molar-refractivity contribution in [2.24, 2.45) is 5.92 Å². The van der Waals surface area contributed by atoms with Gasteiger partial charge in [-0.05, 0) is 44.6 Å². The van der Waals surface area contributed by atoms with Crippen LogP contribution in [-0.4, -0.2) is 59.3 Å². The van der Waals surface area contributed by atoms with E-state index in [0.717, 1.165) is 38.6 Å². The van der Waals surface area contributed by atoms with Gasteiger partial charge in [0.2, 0.25) is 0 Å². The van der Waals surface area contributed by atoms with Crippen LogP contribution in [0.15, 0.2) is 6.20 Å². The molecule has 2 amide bonds. The predicted octanol–water partition coefficient (Wildman–Crippen LogP) is 1.45. The van der Waals surface area contributed by atoms with Gasteiger partial charge in [-0.25, -0.2) is 4.79 Å². The molecule has 1 aliphatic carbocycles. The molecule has 0 radical (unpaired) electrons. The van der Waals surface area contributed by atoms with Crippen molar-refractivity contribution in [1.82, 2.24) is 20.4 Å². The molecule has 1 aromatic rings. The first-order valence-corrected chi connectivity index (χ1v) is 8.98. The molecule has 132 valence electrons. The van der Waals surface area contributed by atoms with Crippen LogP contribution in [0.4, 0.5) is 4.79 Å². The minimum absolute atomic E-state index is 0.0400. The van der Waals surface area contributed by atoms with Gasteiger partial charge in [-0.2, -0.15) is 5.10 Å². The van der Waals surface area contributed by atoms with Crippen LogP contribution >= 0.6 is 0 Å². The molecule has 0 spiro atoms. The number of ether oxygens (including phenoxy) is 2. The van der Waals surface area contributed by atoms with Gasteiger partial charge in [-0.15, -0.1) is 0 Å². The molecule has 2 aliphatic heterocycles. The van der Waals surface area contributed by atoms with Crippen molar-refractivity contribution < 1.29 is 14.3 Å². The van der Waals surface area contributed by atoms with Crippen LogP contribution in [-0.2, 0) is 22.3 Å². The second-order valence-electron chi connectivity index (χ2n) is 7.26. The average molecular weight is 334 g/mol. The van der Waals surface area contributed by atoms with E-state index in [2.05, 4.69) is 15.5 Å². The summed E-state index contributed by atoms with van der Waals surface area (Å²) in [4.78, 5) is 14.6. The number of rotatable bonds is 2. The number of nitrogens with one attached hydrogen (secondary N) is 2. The lowest BCUT2D eigenvalue weighted by Crippen LogP contribution is -2.53. The first kappa shape index (κ1) is 15.9. The molecule has 0 unspecified atom stereocenters. The van der Waals surface area contributed by atoms with E-state index in [1.165, 1.54) is 11.3 Å². The Balaban J connectivity index is 1.34. The molecule has 0 saturated carbocycles. The number of likely N-dealkylation sites (tertiary alicyclic amines) is 1. The summed E-state index contributed by atoms with van der Waals surface area (Å²) in [5.41, 5.74) is 2.44. The number of amides is 2. The molecule has 4 rings (SSSR count). The second-order valence-corrected chi connectivity index (χ2v) is 7.26. The SMILES string of the molecule is CC1([C@H]2CCCN(C(=O)N[C@H]3CCc4[nH]ncc4C3)C2)OCCO1. The van der Waals surface area contributed by atoms with E-state index in [9.17, 15) is 4.79 Å². The molecule has 0 aromatic carbocycles. The van der Waals surface area contributed by atoms with Crippen LogP contribution in [0.1, 0.15) is 37.4 Å². The largest absolute Gasteiger partial charge is 0.347 e. The van der Waals surface area contributed by atoms with Gasteiger partial charge in [0.05, 0.1) is 19.4 Å². The minimum Gasteiger partial charge on any atom is -0.347 e. The number of aromatic amines is 1. The lowest BCUT2D eigenvalue weighted by atomic mass is 9.90. The van der Waals surface area contributed by atoms with Gasteiger partial charge < -0.3 is 19.7 Å². The summed E-state index contributed by atoms with van der Waals surface area (Å²) in [7, 11) is 0. The van der Waals surface area contributed by atoms with Crippen molar-refractivity contribution in [2.75, 3.05) is 26.3 Å². The monoisotopic (exact) mass is 334 g/mol. The van der Waals surface area contributed by atoms with Gasteiger partial charge in [0.1, 0.15) is 0 Å². The number of hydrogen-bond donors (Lipinski definition) is 2. The zero-order valence-corrected chi connectivity index (χ0v) is 14.2. The molecule has 1 aromatic heterocycles. The lowest BCUT2D eigenvalue weighted by molar-refractivity contribution is -0.189. The molecule has 7 heteroatoms. The van der Waals surface area contributed by atoms with Crippen LogP contribution in [0, 0.1) is 5.92 Å². The van der Waals surface area contributed by atoms with Crippen molar-refractivity contribution >= 4 is 6.03 Å². The number of aromatic nitrogens is 2. The molecule has 2 N–H and O–H groups in total. The number of piperidine rings is 1. The average Bonchev–Trinajstić information content (AvgIpc) is 3.24. The fourth-order valence-corrected chi connectivity index (χ4v) is 4.16. The van der Waals surface area contributed by atoms with Crippen LogP contribution in [0.2, 0.25) is 0 Å². The Kier molecular flexibility index (Phi) is 4.22. The van der Waals surface area contributed by atoms with Gasteiger partial charge in [0.25, 0.3) is 0 Å². The number of H-pyrrole nitrogens is 1. The van der Waals surface area contributed by atoms with E-state index in [1.807, 2.05) is 18.0 Å². The first-order valence-electron chi connectivity index (χ1n) is 8.98. The summed E-state index contributed by atoms with van der Waals surface area (Å²) < 4.78 is 11.6. The highest BCUT2D eigenvalue weighted by atomic mass is 16.7. The maximum Gasteiger partial charge on any atom is 0.317 e. The van der Waals surface area contributed by atoms with Crippen molar-refractivity contribution in [3.63, 3.8) is 0 Å². The Bertz CT molecular complexity index is 596. The maximum absolute atomic E-state index is 12.7. The van der Waals surface area contributed by atoms with Crippen LogP contribution in [0.5, 0.6) is 0 Å². The number of urea groups is 1. The van der Waals surface area contributed by atoms with E-state index in [4.69, 9.17) is 9.47 Å². The Morgan fingerprint density at radius 3 is 3.08 bits per heavy atom. The Hall–Kier alpha value is -1.60. The minimum atomic E-state index is -0.532. The van der Waals surface area contributed by atoms with Gasteiger partial charge in [0.15, 0.2) is 5.79 Å². The molecule has 3 aliphatic rings. The number of carbonyl (C=O) groups is 1. The highest BCUT2D eigenvalue weighted by Crippen LogP contribution is 2.34. The van der Waals surface area contributed by atoms with E-state index >= 15 is 0 Å². The highest BCUT2D eigenvalue weighted by Gasteiger charge is 2.42. The third kappa shape index (κ3) is 3.02. The van der Waals surface area contributed by atoms with Gasteiger partial charge in [-0.3, -0.25) is 5.10 Å². The quantitative estimate of drug-likeness (QED) is 0.858. The molecular weight excluding hydrogens is 308 g/mol. The second kappa shape index (κ2) is 6.37. The standard InChI is InChI=1S/C17H26N4O3/c1-17(23-7-8-24-17)13-3-2-6-21(11-13)16(22)19-14-4-5-15-12(9-14)10-18-20-15/h10,13-14H,2-9,11H2,1H3,(H,18,20)(H,19,22)/t13-,14-/m0/s1. The molecule has 0 bridgehead atoms. The number of fused-ring (bicyclic) bond motifs is 1. The lowest BCUT2D eigenvalue weighted by Gasteiger charge is -2.40. The fraction of sp³-hybridized carbons (Fsp3) is 0.765. The first-order chi connectivity index (χ1) is 11.6. The number of carbonyl (C=O) groups excluding carboxylic acids is 1. The van der Waals surface area contributed by atoms with Gasteiger partial charge in [0, 0.05) is 30.7 Å². The summed E-state index contributed by atoms with van der Waals surface area (Å²) in [5.74, 6) is -0.290. The Labute approximate surface area is 142 Å². The van der Waals surface area contributed by atoms with E-state index in [-0.39, 0.29) is 18.0 Å². The van der Waals surface area contributed by atoms with E-state index in [1.54, 1.807) is 0 Å². The van der Waals surface area contributed by atoms with E-state index in [0.29, 0.717) is 19.8 Å². The maximum atomic E-state index is 12.7. The molecule has 2 atom stereocenters. The zero-order valence-electron chi connectivity index (χ0n) is 14.2. The molecule has 7 nitrogen and oxygen atoms in total. The summed E-state index contributed by atoms with van der Waals surface area (Å²) in [6.45, 7) is 4.81. The summed E-state index contributed by atoms with van der Waals surface area (Å²) in [5, 5.41) is 10.3. The van der Waals surface area contributed by atoms with Crippen molar-refractivity contribution in [3.8, 4) is 0 Å². The predicted molar refractivity (Wildman–Crippen MR) is 87.5 cm³/mol. The number of hydrogen-bond acceptors (Lipinski definition) is 4. The van der Waals surface area contributed by atoms with Crippen LogP contribution in [0.25, 0.3) is 0 Å². The highest BCUT2D eigenvalue weighted by molar-refractivity contribution is 5.74. The third-order valence-corrected chi connectivity index (χ3v) is 5.66. The Morgan fingerprint density at radius 2 is 2.25 bits per heavy atom. The summed E-state index contributed by atoms with van der Waals surface area (Å²) >= 11 is 0. The summed E-state index contributed by atoms with van der Waals surface area (Å²) in [6.07, 6.45) is 6.68. The molecule has 2 fully saturated rings. The fourth-order valence-electron chi connectivity index (χ4n) is 4.16. The molecule has 2 saturated heterocycles. The van der Waals surface area contributed by atoms with Crippen molar-refractivity contribution in [1.29, 1.82) is 0 Å². The zero-order chi connectivity index (χ0) is 16.6. The smallest absolute Gasteiger partial charge is 0.317 e. The molecule has 24 heavy (non-hydrogen) atoms. The molecule has 3 heterocycles. The van der Waals surface area contributed by atoms with Crippen molar-refractivity contribution in [2.45, 2.75) is 50.9 Å². The Morgan fingerprint density at radius 1 is 1.42 bits per heavy atom. The van der Waals surface area contributed by atoms with Crippen LogP contribution in [0.3, 0.4) is 0 Å². The third-order valence-electron chi connectivity index (χ3n) is 5.66.